The van der Waals surface area contributed by atoms with Crippen molar-refractivity contribution in [2.24, 2.45) is 0 Å². The number of hydrogen-bond donors (Lipinski definition) is 0. The third-order valence-corrected chi connectivity index (χ3v) is 3.75. The minimum Gasteiger partial charge on any atom is -0.497 e. The first-order valence-electron chi connectivity index (χ1n) is 7.83. The molecule has 0 amide bonds. The highest BCUT2D eigenvalue weighted by molar-refractivity contribution is 5.64. The molecule has 0 aliphatic heterocycles. The zero-order valence-electron chi connectivity index (χ0n) is 14.1. The number of rotatable bonds is 9. The molecule has 2 aromatic rings. The Morgan fingerprint density at radius 2 is 1.17 bits per heavy atom. The second kappa shape index (κ2) is 9.06. The molecule has 2 rings (SSSR count). The van der Waals surface area contributed by atoms with Gasteiger partial charge in [0.15, 0.2) is 0 Å². The van der Waals surface area contributed by atoms with Gasteiger partial charge >= 0.3 is 0 Å². The van der Waals surface area contributed by atoms with Gasteiger partial charge in [-0.3, -0.25) is 0 Å². The van der Waals surface area contributed by atoms with Crippen molar-refractivity contribution < 1.29 is 14.2 Å². The molecular weight excluding hydrogens is 290 g/mol. The van der Waals surface area contributed by atoms with Crippen molar-refractivity contribution in [1.29, 1.82) is 0 Å². The second-order valence-corrected chi connectivity index (χ2v) is 5.25. The van der Waals surface area contributed by atoms with Crippen molar-refractivity contribution in [3.8, 4) is 11.5 Å². The van der Waals surface area contributed by atoms with E-state index >= 15 is 0 Å². The molecule has 0 fully saturated rings. The first kappa shape index (κ1) is 17.2. The van der Waals surface area contributed by atoms with Gasteiger partial charge in [-0.05, 0) is 61.4 Å². The highest BCUT2D eigenvalue weighted by Gasteiger charge is 2.09. The fourth-order valence-corrected chi connectivity index (χ4v) is 2.45. The predicted octanol–water partition coefficient (Wildman–Crippen LogP) is 4.27. The fourth-order valence-electron chi connectivity index (χ4n) is 2.45. The molecule has 4 nitrogen and oxygen atoms in total. The van der Waals surface area contributed by atoms with Crippen LogP contribution in [0.3, 0.4) is 0 Å². The largest absolute Gasteiger partial charge is 0.497 e. The van der Waals surface area contributed by atoms with E-state index < -0.39 is 0 Å². The Morgan fingerprint density at radius 1 is 0.696 bits per heavy atom. The van der Waals surface area contributed by atoms with Crippen LogP contribution >= 0.6 is 0 Å². The van der Waals surface area contributed by atoms with Gasteiger partial charge in [-0.1, -0.05) is 0 Å². The first-order chi connectivity index (χ1) is 11.3. The average molecular weight is 315 g/mol. The minimum atomic E-state index is 0.791. The zero-order chi connectivity index (χ0) is 16.5. The van der Waals surface area contributed by atoms with E-state index in [2.05, 4.69) is 29.2 Å². The molecule has 124 valence electrons. The van der Waals surface area contributed by atoms with E-state index in [1.165, 1.54) is 0 Å². The molecular formula is C19H25NO3. The summed E-state index contributed by atoms with van der Waals surface area (Å²) < 4.78 is 15.6. The molecule has 0 heterocycles. The molecule has 0 unspecified atom stereocenters. The SMILES string of the molecule is COCCCCN(c1ccc(OC)cc1)c1ccc(OC)cc1. The maximum atomic E-state index is 5.25. The van der Waals surface area contributed by atoms with Crippen LogP contribution < -0.4 is 14.4 Å². The van der Waals surface area contributed by atoms with Crippen LogP contribution in [0.15, 0.2) is 48.5 Å². The summed E-state index contributed by atoms with van der Waals surface area (Å²) >= 11 is 0. The Hall–Kier alpha value is -2.20. The Kier molecular flexibility index (Phi) is 6.76. The van der Waals surface area contributed by atoms with Crippen LogP contribution in [0.1, 0.15) is 12.8 Å². The molecule has 0 aromatic heterocycles. The highest BCUT2D eigenvalue weighted by Crippen LogP contribution is 2.29. The molecule has 0 aliphatic rings. The van der Waals surface area contributed by atoms with Gasteiger partial charge in [0.25, 0.3) is 0 Å². The van der Waals surface area contributed by atoms with Crippen LogP contribution in [0.5, 0.6) is 11.5 Å². The topological polar surface area (TPSA) is 30.9 Å². The lowest BCUT2D eigenvalue weighted by atomic mass is 10.2. The second-order valence-electron chi connectivity index (χ2n) is 5.25. The minimum absolute atomic E-state index is 0.791. The van der Waals surface area contributed by atoms with Crippen LogP contribution in [-0.2, 0) is 4.74 Å². The van der Waals surface area contributed by atoms with Gasteiger partial charge in [0.1, 0.15) is 11.5 Å². The summed E-state index contributed by atoms with van der Waals surface area (Å²) in [6.07, 6.45) is 2.10. The summed E-state index contributed by atoms with van der Waals surface area (Å²) in [6.45, 7) is 1.72. The molecule has 0 radical (unpaired) electrons. The van der Waals surface area contributed by atoms with Crippen LogP contribution in [0.2, 0.25) is 0 Å². The van der Waals surface area contributed by atoms with Gasteiger partial charge in [0, 0.05) is 31.6 Å². The Labute approximate surface area is 138 Å². The Bertz CT molecular complexity index is 519. The van der Waals surface area contributed by atoms with Gasteiger partial charge in [0.2, 0.25) is 0 Å². The number of unbranched alkanes of at least 4 members (excludes halogenated alkanes) is 1. The summed E-state index contributed by atoms with van der Waals surface area (Å²) in [4.78, 5) is 2.30. The summed E-state index contributed by atoms with van der Waals surface area (Å²) in [7, 11) is 5.10. The summed E-state index contributed by atoms with van der Waals surface area (Å²) in [6, 6.07) is 16.3. The molecule has 2 aromatic carbocycles. The van der Waals surface area contributed by atoms with E-state index in [1.807, 2.05) is 24.3 Å². The van der Waals surface area contributed by atoms with Crippen molar-refractivity contribution in [1.82, 2.24) is 0 Å². The monoisotopic (exact) mass is 315 g/mol. The number of benzene rings is 2. The van der Waals surface area contributed by atoms with Crippen molar-refractivity contribution in [3.05, 3.63) is 48.5 Å². The lowest BCUT2D eigenvalue weighted by Gasteiger charge is -2.25. The van der Waals surface area contributed by atoms with E-state index in [9.17, 15) is 0 Å². The smallest absolute Gasteiger partial charge is 0.119 e. The van der Waals surface area contributed by atoms with Crippen LogP contribution in [0.25, 0.3) is 0 Å². The number of hydrogen-bond acceptors (Lipinski definition) is 4. The van der Waals surface area contributed by atoms with E-state index in [1.54, 1.807) is 21.3 Å². The van der Waals surface area contributed by atoms with Gasteiger partial charge in [-0.15, -0.1) is 0 Å². The van der Waals surface area contributed by atoms with Crippen LogP contribution in [-0.4, -0.2) is 34.5 Å². The number of nitrogens with zero attached hydrogens (tertiary/aromatic N) is 1. The Morgan fingerprint density at radius 3 is 1.57 bits per heavy atom. The normalized spacial score (nSPS) is 10.4. The summed E-state index contributed by atoms with van der Waals surface area (Å²) in [5.41, 5.74) is 2.29. The van der Waals surface area contributed by atoms with Gasteiger partial charge in [0.05, 0.1) is 14.2 Å². The van der Waals surface area contributed by atoms with Gasteiger partial charge < -0.3 is 19.1 Å². The maximum Gasteiger partial charge on any atom is 0.119 e. The molecule has 0 spiro atoms. The van der Waals surface area contributed by atoms with E-state index in [4.69, 9.17) is 14.2 Å². The predicted molar refractivity (Wildman–Crippen MR) is 94.1 cm³/mol. The average Bonchev–Trinajstić information content (AvgIpc) is 2.62. The lowest BCUT2D eigenvalue weighted by molar-refractivity contribution is 0.193. The van der Waals surface area contributed by atoms with Crippen molar-refractivity contribution in [2.75, 3.05) is 39.4 Å². The molecule has 0 atom stereocenters. The molecule has 23 heavy (non-hydrogen) atoms. The molecule has 0 saturated carbocycles. The Balaban J connectivity index is 2.18. The molecule has 0 saturated heterocycles. The van der Waals surface area contributed by atoms with Crippen molar-refractivity contribution in [3.63, 3.8) is 0 Å². The third-order valence-electron chi connectivity index (χ3n) is 3.75. The fraction of sp³-hybridized carbons (Fsp3) is 0.368. The van der Waals surface area contributed by atoms with Crippen molar-refractivity contribution >= 4 is 11.4 Å². The number of anilines is 2. The zero-order valence-corrected chi connectivity index (χ0v) is 14.1. The number of methoxy groups -OCH3 is 3. The molecule has 0 N–H and O–H groups in total. The van der Waals surface area contributed by atoms with E-state index in [-0.39, 0.29) is 0 Å². The quantitative estimate of drug-likeness (QED) is 0.647. The lowest BCUT2D eigenvalue weighted by Crippen LogP contribution is -2.18. The molecule has 4 heteroatoms. The third kappa shape index (κ3) is 4.89. The summed E-state index contributed by atoms with van der Waals surface area (Å²) in [5, 5.41) is 0. The highest BCUT2D eigenvalue weighted by atomic mass is 16.5. The van der Waals surface area contributed by atoms with Crippen LogP contribution in [0, 0.1) is 0 Å². The number of ether oxygens (including phenoxy) is 3. The van der Waals surface area contributed by atoms with Crippen molar-refractivity contribution in [2.45, 2.75) is 12.8 Å². The van der Waals surface area contributed by atoms with Gasteiger partial charge in [-0.2, -0.15) is 0 Å². The molecule has 0 aliphatic carbocycles. The molecule has 0 bridgehead atoms. The maximum absolute atomic E-state index is 5.25. The van der Waals surface area contributed by atoms with Gasteiger partial charge in [-0.25, -0.2) is 0 Å². The van der Waals surface area contributed by atoms with Crippen LogP contribution in [0.4, 0.5) is 11.4 Å². The van der Waals surface area contributed by atoms with E-state index in [0.29, 0.717) is 0 Å². The standard InChI is InChI=1S/C19H25NO3/c1-21-15-5-4-14-20(16-6-10-18(22-2)11-7-16)17-8-12-19(23-3)13-9-17/h6-13H,4-5,14-15H2,1-3H3. The van der Waals surface area contributed by atoms with E-state index in [0.717, 1.165) is 48.9 Å². The summed E-state index contributed by atoms with van der Waals surface area (Å²) in [5.74, 6) is 1.73. The first-order valence-corrected chi connectivity index (χ1v) is 7.83.